The number of amidine groups is 2. The Labute approximate surface area is 173 Å². The summed E-state index contributed by atoms with van der Waals surface area (Å²) in [6, 6.07) is 13.5. The zero-order chi connectivity index (χ0) is 21.5. The molecule has 6 N–H and O–H groups in total. The van der Waals surface area contributed by atoms with Gasteiger partial charge in [-0.2, -0.15) is 0 Å². The fourth-order valence-electron chi connectivity index (χ4n) is 3.09. The standard InChI is InChI=1S/C21H24N4O5/c1-13-15(7-14-5-3-2-4-6-14)10-29-17-8-16(28-11-19(22)24-26)9-18(21(13)17)30-12-20(23)25-27/h2-6,8-9,26-27H,7,10-12H2,1H3,(H2,22,24)(H2,23,25). The topological polar surface area (TPSA) is 145 Å². The summed E-state index contributed by atoms with van der Waals surface area (Å²) in [5.41, 5.74) is 15.1. The number of nitrogens with zero attached hydrogens (tertiary/aromatic N) is 2. The number of fused-ring (bicyclic) bond motifs is 1. The minimum Gasteiger partial charge on any atom is -0.488 e. The maximum absolute atomic E-state index is 8.81. The van der Waals surface area contributed by atoms with Crippen LogP contribution in [0.4, 0.5) is 0 Å². The fraction of sp³-hybridized carbons (Fsp3) is 0.238. The molecule has 30 heavy (non-hydrogen) atoms. The molecular formula is C21H24N4O5. The maximum atomic E-state index is 8.81. The first-order valence-corrected chi connectivity index (χ1v) is 9.24. The largest absolute Gasteiger partial charge is 0.488 e. The molecule has 0 atom stereocenters. The highest BCUT2D eigenvalue weighted by molar-refractivity contribution is 5.83. The van der Waals surface area contributed by atoms with Gasteiger partial charge in [0.05, 0.1) is 5.56 Å². The predicted molar refractivity (Wildman–Crippen MR) is 112 cm³/mol. The molecule has 158 valence electrons. The van der Waals surface area contributed by atoms with Gasteiger partial charge >= 0.3 is 0 Å². The maximum Gasteiger partial charge on any atom is 0.177 e. The van der Waals surface area contributed by atoms with E-state index < -0.39 is 0 Å². The number of benzene rings is 2. The van der Waals surface area contributed by atoms with Crippen molar-refractivity contribution < 1.29 is 24.6 Å². The van der Waals surface area contributed by atoms with Crippen molar-refractivity contribution in [1.29, 1.82) is 0 Å². The number of rotatable bonds is 8. The van der Waals surface area contributed by atoms with Gasteiger partial charge in [-0.15, -0.1) is 0 Å². The molecule has 1 aliphatic rings. The van der Waals surface area contributed by atoms with E-state index in [0.29, 0.717) is 23.9 Å². The lowest BCUT2D eigenvalue weighted by atomic mass is 9.93. The molecule has 0 bridgehead atoms. The Morgan fingerprint density at radius 1 is 1.03 bits per heavy atom. The zero-order valence-electron chi connectivity index (χ0n) is 16.5. The van der Waals surface area contributed by atoms with Crippen molar-refractivity contribution in [3.8, 4) is 17.2 Å². The van der Waals surface area contributed by atoms with E-state index >= 15 is 0 Å². The van der Waals surface area contributed by atoms with Crippen molar-refractivity contribution in [2.45, 2.75) is 13.3 Å². The Bertz CT molecular complexity index is 986. The summed E-state index contributed by atoms with van der Waals surface area (Å²) >= 11 is 0. The van der Waals surface area contributed by atoms with E-state index in [2.05, 4.69) is 22.4 Å². The quantitative estimate of drug-likeness (QED) is 0.225. The van der Waals surface area contributed by atoms with Crippen LogP contribution in [0.1, 0.15) is 18.1 Å². The average molecular weight is 412 g/mol. The van der Waals surface area contributed by atoms with Gasteiger partial charge in [0.15, 0.2) is 11.7 Å². The van der Waals surface area contributed by atoms with E-state index in [9.17, 15) is 0 Å². The Morgan fingerprint density at radius 3 is 2.37 bits per heavy atom. The highest BCUT2D eigenvalue weighted by atomic mass is 16.5. The molecule has 1 aliphatic heterocycles. The zero-order valence-corrected chi connectivity index (χ0v) is 16.5. The van der Waals surface area contributed by atoms with Crippen LogP contribution in [-0.2, 0) is 6.42 Å². The van der Waals surface area contributed by atoms with Gasteiger partial charge in [0.1, 0.15) is 37.1 Å². The molecule has 0 unspecified atom stereocenters. The molecule has 0 saturated heterocycles. The summed E-state index contributed by atoms with van der Waals surface area (Å²) < 4.78 is 17.3. The highest BCUT2D eigenvalue weighted by Gasteiger charge is 2.23. The first-order chi connectivity index (χ1) is 14.5. The molecule has 0 saturated carbocycles. The van der Waals surface area contributed by atoms with Crippen molar-refractivity contribution >= 4 is 17.2 Å². The summed E-state index contributed by atoms with van der Waals surface area (Å²) in [5, 5.41) is 23.3. The number of hydrogen-bond donors (Lipinski definition) is 4. The lowest BCUT2D eigenvalue weighted by Gasteiger charge is -2.25. The molecule has 0 spiro atoms. The molecule has 9 nitrogen and oxygen atoms in total. The number of allylic oxidation sites excluding steroid dienone is 1. The third-order valence-corrected chi connectivity index (χ3v) is 4.63. The smallest absolute Gasteiger partial charge is 0.177 e. The SMILES string of the molecule is CC1=C(Cc2ccccc2)COc2cc(OC/C(N)=N/O)cc(OC/C(N)=N/O)c21. The van der Waals surface area contributed by atoms with E-state index in [1.54, 1.807) is 12.1 Å². The molecule has 0 radical (unpaired) electrons. The van der Waals surface area contributed by atoms with Crippen LogP contribution < -0.4 is 25.7 Å². The van der Waals surface area contributed by atoms with Crippen molar-refractivity contribution in [1.82, 2.24) is 0 Å². The third-order valence-electron chi connectivity index (χ3n) is 4.63. The molecule has 2 aromatic rings. The number of ether oxygens (including phenoxy) is 3. The molecule has 0 amide bonds. The second-order valence-electron chi connectivity index (χ2n) is 6.73. The summed E-state index contributed by atoms with van der Waals surface area (Å²) in [7, 11) is 0. The number of nitrogens with two attached hydrogens (primary N) is 2. The highest BCUT2D eigenvalue weighted by Crippen LogP contribution is 2.43. The van der Waals surface area contributed by atoms with E-state index in [1.807, 2.05) is 25.1 Å². The Balaban J connectivity index is 1.96. The summed E-state index contributed by atoms with van der Waals surface area (Å²) in [4.78, 5) is 0. The molecule has 3 rings (SSSR count). The predicted octanol–water partition coefficient (Wildman–Crippen LogP) is 2.35. The molecule has 1 heterocycles. The third kappa shape index (κ3) is 4.93. The van der Waals surface area contributed by atoms with Crippen LogP contribution in [0.15, 0.2) is 58.3 Å². The molecular weight excluding hydrogens is 388 g/mol. The summed E-state index contributed by atoms with van der Waals surface area (Å²) in [6.45, 7) is 2.21. The minimum absolute atomic E-state index is 0.0744. The van der Waals surface area contributed by atoms with Crippen molar-refractivity contribution in [3.05, 3.63) is 59.2 Å². The van der Waals surface area contributed by atoms with E-state index in [0.717, 1.165) is 23.1 Å². The number of hydrogen-bond acceptors (Lipinski definition) is 7. The Kier molecular flexibility index (Phi) is 6.63. The minimum atomic E-state index is -0.117. The van der Waals surface area contributed by atoms with Crippen LogP contribution in [-0.4, -0.2) is 41.9 Å². The van der Waals surface area contributed by atoms with E-state index in [4.69, 9.17) is 36.1 Å². The van der Waals surface area contributed by atoms with Crippen LogP contribution in [0.25, 0.3) is 5.57 Å². The molecule has 0 aliphatic carbocycles. The van der Waals surface area contributed by atoms with Gasteiger partial charge in [0.25, 0.3) is 0 Å². The Morgan fingerprint density at radius 2 is 1.70 bits per heavy atom. The average Bonchev–Trinajstić information content (AvgIpc) is 2.78. The Hall–Kier alpha value is -3.88. The van der Waals surface area contributed by atoms with E-state index in [1.165, 1.54) is 5.56 Å². The van der Waals surface area contributed by atoms with Crippen molar-refractivity contribution in [2.24, 2.45) is 21.8 Å². The van der Waals surface area contributed by atoms with Crippen LogP contribution in [0, 0.1) is 0 Å². The first kappa shape index (κ1) is 20.8. The van der Waals surface area contributed by atoms with Gasteiger partial charge in [0, 0.05) is 12.1 Å². The van der Waals surface area contributed by atoms with Gasteiger partial charge in [-0.05, 0) is 30.1 Å². The molecule has 0 fully saturated rings. The summed E-state index contributed by atoms with van der Waals surface area (Å²) in [5.74, 6) is 1.30. The summed E-state index contributed by atoms with van der Waals surface area (Å²) in [6.07, 6.45) is 0.744. The van der Waals surface area contributed by atoms with Crippen molar-refractivity contribution in [2.75, 3.05) is 19.8 Å². The monoisotopic (exact) mass is 412 g/mol. The second kappa shape index (κ2) is 9.55. The van der Waals surface area contributed by atoms with Gasteiger partial charge in [-0.1, -0.05) is 40.6 Å². The second-order valence-corrected chi connectivity index (χ2v) is 6.73. The van der Waals surface area contributed by atoms with Crippen LogP contribution in [0.3, 0.4) is 0 Å². The van der Waals surface area contributed by atoms with Gasteiger partial charge < -0.3 is 36.1 Å². The number of oxime groups is 2. The normalized spacial score (nSPS) is 14.2. The van der Waals surface area contributed by atoms with Gasteiger partial charge in [0.2, 0.25) is 0 Å². The molecule has 9 heteroatoms. The van der Waals surface area contributed by atoms with E-state index in [-0.39, 0.29) is 24.9 Å². The lowest BCUT2D eigenvalue weighted by Crippen LogP contribution is -2.22. The van der Waals surface area contributed by atoms with Gasteiger partial charge in [-0.3, -0.25) is 0 Å². The van der Waals surface area contributed by atoms with Crippen LogP contribution in [0.5, 0.6) is 17.2 Å². The molecule has 0 aromatic heterocycles. The first-order valence-electron chi connectivity index (χ1n) is 9.24. The van der Waals surface area contributed by atoms with Crippen molar-refractivity contribution in [3.63, 3.8) is 0 Å². The lowest BCUT2D eigenvalue weighted by molar-refractivity contribution is 0.299. The molecule has 2 aromatic carbocycles. The van der Waals surface area contributed by atoms with Crippen LogP contribution in [0.2, 0.25) is 0 Å². The van der Waals surface area contributed by atoms with Crippen LogP contribution >= 0.6 is 0 Å². The fourth-order valence-corrected chi connectivity index (χ4v) is 3.09. The van der Waals surface area contributed by atoms with Gasteiger partial charge in [-0.25, -0.2) is 0 Å².